The molecule has 2 N–H and O–H groups in total. The number of aromatic amines is 2. The first-order valence-corrected chi connectivity index (χ1v) is 10.8. The van der Waals surface area contributed by atoms with E-state index < -0.39 is 0 Å². The van der Waals surface area contributed by atoms with Crippen molar-refractivity contribution >= 4 is 18.4 Å². The van der Waals surface area contributed by atoms with Crippen molar-refractivity contribution in [2.45, 2.75) is 6.61 Å². The van der Waals surface area contributed by atoms with Crippen LogP contribution in [-0.4, -0.2) is 31.3 Å². The fourth-order valence-corrected chi connectivity index (χ4v) is 3.50. The topological polar surface area (TPSA) is 83.9 Å². The molecule has 0 amide bonds. The van der Waals surface area contributed by atoms with E-state index in [1.807, 2.05) is 91.0 Å². The van der Waals surface area contributed by atoms with Gasteiger partial charge < -0.3 is 4.74 Å². The van der Waals surface area contributed by atoms with E-state index in [4.69, 9.17) is 17.0 Å². The van der Waals surface area contributed by atoms with Crippen LogP contribution in [0.3, 0.4) is 0 Å². The smallest absolute Gasteiger partial charge is 0.216 e. The molecule has 33 heavy (non-hydrogen) atoms. The minimum Gasteiger partial charge on any atom is -0.489 e. The van der Waals surface area contributed by atoms with Gasteiger partial charge in [0.25, 0.3) is 0 Å². The maximum atomic E-state index is 5.91. The molecule has 0 saturated heterocycles. The van der Waals surface area contributed by atoms with Gasteiger partial charge in [-0.15, -0.1) is 0 Å². The van der Waals surface area contributed by atoms with E-state index in [1.165, 1.54) is 0 Å². The summed E-state index contributed by atoms with van der Waals surface area (Å²) in [5.74, 6) is 1.31. The van der Waals surface area contributed by atoms with Gasteiger partial charge in [0, 0.05) is 5.56 Å². The van der Waals surface area contributed by atoms with Gasteiger partial charge in [0.2, 0.25) is 10.6 Å². The number of hydrogen-bond donors (Lipinski definition) is 2. The first-order chi connectivity index (χ1) is 16.3. The second-order valence-electron chi connectivity index (χ2n) is 7.29. The number of benzene rings is 3. The highest BCUT2D eigenvalue weighted by molar-refractivity contribution is 7.71. The van der Waals surface area contributed by atoms with E-state index >= 15 is 0 Å². The van der Waals surface area contributed by atoms with E-state index in [0.717, 1.165) is 28.1 Å². The molecule has 5 rings (SSSR count). The van der Waals surface area contributed by atoms with Crippen molar-refractivity contribution in [2.24, 2.45) is 5.10 Å². The number of rotatable bonds is 7. The Bertz CT molecular complexity index is 1440. The number of ether oxygens (including phenoxy) is 1. The summed E-state index contributed by atoms with van der Waals surface area (Å²) < 4.78 is 7.86. The fourth-order valence-electron chi connectivity index (χ4n) is 3.32. The van der Waals surface area contributed by atoms with Gasteiger partial charge in [0.1, 0.15) is 18.1 Å². The molecule has 0 aliphatic carbocycles. The summed E-state index contributed by atoms with van der Waals surface area (Å²) in [6.45, 7) is 0.502. The van der Waals surface area contributed by atoms with Crippen LogP contribution in [0.4, 0.5) is 0 Å². The molecule has 2 aromatic heterocycles. The van der Waals surface area contributed by atoms with Crippen molar-refractivity contribution in [3.05, 3.63) is 107 Å². The Kier molecular flexibility index (Phi) is 5.90. The van der Waals surface area contributed by atoms with Crippen LogP contribution in [0, 0.1) is 4.77 Å². The molecule has 0 aliphatic rings. The zero-order valence-corrected chi connectivity index (χ0v) is 18.4. The number of nitrogens with zero attached hydrogens (tertiary/aromatic N) is 4. The predicted molar refractivity (Wildman–Crippen MR) is 131 cm³/mol. The SMILES string of the molecule is S=c1[nH]nc(-c2cc(-c3ccccc3)n[nH]2)n1N=Cc1cccc(OCc2ccccc2)c1. The third kappa shape index (κ3) is 4.81. The Hall–Kier alpha value is -4.30. The molecule has 8 heteroatoms. The molecule has 0 spiro atoms. The molecule has 2 heterocycles. The molecular weight excluding hydrogens is 432 g/mol. The third-order valence-corrected chi connectivity index (χ3v) is 5.23. The normalized spacial score (nSPS) is 11.2. The molecule has 0 unspecified atom stereocenters. The first kappa shape index (κ1) is 20.6. The highest BCUT2D eigenvalue weighted by atomic mass is 32.1. The van der Waals surface area contributed by atoms with Crippen molar-refractivity contribution in [1.82, 2.24) is 25.1 Å². The van der Waals surface area contributed by atoms with Crippen molar-refractivity contribution in [3.8, 4) is 28.5 Å². The second-order valence-corrected chi connectivity index (χ2v) is 7.68. The van der Waals surface area contributed by atoms with Gasteiger partial charge in [-0.2, -0.15) is 20.0 Å². The highest BCUT2D eigenvalue weighted by Crippen LogP contribution is 2.22. The van der Waals surface area contributed by atoms with E-state index in [0.29, 0.717) is 22.9 Å². The Balaban J connectivity index is 1.35. The molecular formula is C25H20N6OS. The second kappa shape index (κ2) is 9.46. The Morgan fingerprint density at radius 1 is 0.879 bits per heavy atom. The van der Waals surface area contributed by atoms with Gasteiger partial charge in [0.05, 0.1) is 11.9 Å². The fraction of sp³-hybridized carbons (Fsp3) is 0.0400. The van der Waals surface area contributed by atoms with Crippen LogP contribution in [0.2, 0.25) is 0 Å². The van der Waals surface area contributed by atoms with E-state index in [1.54, 1.807) is 10.9 Å². The summed E-state index contributed by atoms with van der Waals surface area (Å²) in [6, 6.07) is 29.6. The van der Waals surface area contributed by atoms with Gasteiger partial charge in [-0.1, -0.05) is 72.8 Å². The van der Waals surface area contributed by atoms with Crippen molar-refractivity contribution in [1.29, 1.82) is 0 Å². The van der Waals surface area contributed by atoms with Crippen LogP contribution in [0.1, 0.15) is 11.1 Å². The van der Waals surface area contributed by atoms with Gasteiger partial charge in [-0.05, 0) is 41.5 Å². The zero-order chi connectivity index (χ0) is 22.5. The number of H-pyrrole nitrogens is 2. The van der Waals surface area contributed by atoms with E-state index in [2.05, 4.69) is 25.5 Å². The van der Waals surface area contributed by atoms with E-state index in [9.17, 15) is 0 Å². The minimum absolute atomic E-state index is 0.383. The van der Waals surface area contributed by atoms with Crippen LogP contribution in [0.25, 0.3) is 22.8 Å². The summed E-state index contributed by atoms with van der Waals surface area (Å²) in [7, 11) is 0. The van der Waals surface area contributed by atoms with E-state index in [-0.39, 0.29) is 0 Å². The standard InChI is InChI=1S/C25H20N6OS/c33-25-30-29-24(23-15-22(27-28-23)20-11-5-2-6-12-20)31(25)26-16-19-10-7-13-21(14-19)32-17-18-8-3-1-4-9-18/h1-16H,17H2,(H,27,28)(H,30,33). The lowest BCUT2D eigenvalue weighted by Gasteiger charge is -2.06. The average molecular weight is 453 g/mol. The quantitative estimate of drug-likeness (QED) is 0.254. The molecule has 3 aromatic carbocycles. The minimum atomic E-state index is 0.383. The molecule has 0 atom stereocenters. The van der Waals surface area contributed by atoms with Crippen LogP contribution >= 0.6 is 12.2 Å². The first-order valence-electron chi connectivity index (χ1n) is 10.4. The Morgan fingerprint density at radius 3 is 2.48 bits per heavy atom. The van der Waals surface area contributed by atoms with Crippen LogP contribution < -0.4 is 4.74 Å². The average Bonchev–Trinajstić information content (AvgIpc) is 3.50. The largest absolute Gasteiger partial charge is 0.489 e. The molecule has 0 aliphatic heterocycles. The maximum absolute atomic E-state index is 5.91. The molecule has 162 valence electrons. The van der Waals surface area contributed by atoms with Crippen molar-refractivity contribution in [2.75, 3.05) is 0 Å². The van der Waals surface area contributed by atoms with Crippen molar-refractivity contribution in [3.63, 3.8) is 0 Å². The Labute approximate surface area is 195 Å². The van der Waals surface area contributed by atoms with Gasteiger partial charge >= 0.3 is 0 Å². The van der Waals surface area contributed by atoms with Gasteiger partial charge in [-0.3, -0.25) is 5.10 Å². The molecule has 0 saturated carbocycles. The summed E-state index contributed by atoms with van der Waals surface area (Å²) in [4.78, 5) is 0. The van der Waals surface area contributed by atoms with Crippen LogP contribution in [0.5, 0.6) is 5.75 Å². The summed E-state index contributed by atoms with van der Waals surface area (Å²) in [5, 5.41) is 19.1. The predicted octanol–water partition coefficient (Wildman–Crippen LogP) is 5.46. The molecule has 7 nitrogen and oxygen atoms in total. The highest BCUT2D eigenvalue weighted by Gasteiger charge is 2.12. The number of nitrogens with one attached hydrogen (secondary N) is 2. The summed E-state index contributed by atoms with van der Waals surface area (Å²) >= 11 is 5.38. The molecule has 0 bridgehead atoms. The van der Waals surface area contributed by atoms with Gasteiger partial charge in [-0.25, -0.2) is 5.10 Å². The molecule has 0 fully saturated rings. The summed E-state index contributed by atoms with van der Waals surface area (Å²) in [5.41, 5.74) is 4.53. The molecule has 5 aromatic rings. The Morgan fingerprint density at radius 2 is 1.67 bits per heavy atom. The lowest BCUT2D eigenvalue weighted by atomic mass is 10.1. The maximum Gasteiger partial charge on any atom is 0.216 e. The summed E-state index contributed by atoms with van der Waals surface area (Å²) in [6.07, 6.45) is 1.72. The van der Waals surface area contributed by atoms with Crippen LogP contribution in [0.15, 0.2) is 96.1 Å². The monoisotopic (exact) mass is 452 g/mol. The van der Waals surface area contributed by atoms with Crippen LogP contribution in [-0.2, 0) is 6.61 Å². The number of aromatic nitrogens is 5. The van der Waals surface area contributed by atoms with Gasteiger partial charge in [0.15, 0.2) is 0 Å². The lowest BCUT2D eigenvalue weighted by molar-refractivity contribution is 0.306. The zero-order valence-electron chi connectivity index (χ0n) is 17.6. The lowest BCUT2D eigenvalue weighted by Crippen LogP contribution is -1.97. The third-order valence-electron chi connectivity index (χ3n) is 4.97. The number of hydrogen-bond acceptors (Lipinski definition) is 5. The van der Waals surface area contributed by atoms with Crippen molar-refractivity contribution < 1.29 is 4.74 Å². The molecule has 0 radical (unpaired) electrons.